The minimum Gasteiger partial charge on any atom is -0.461 e. The molecule has 0 heterocycles. The highest BCUT2D eigenvalue weighted by atomic mass is 16.5. The van der Waals surface area contributed by atoms with Crippen molar-refractivity contribution in [3.63, 3.8) is 0 Å². The molecule has 12 heavy (non-hydrogen) atoms. The van der Waals surface area contributed by atoms with Crippen LogP contribution in [0.1, 0.15) is 26.7 Å². The van der Waals surface area contributed by atoms with Crippen molar-refractivity contribution in [1.82, 2.24) is 0 Å². The Morgan fingerprint density at radius 2 is 2.25 bits per heavy atom. The maximum atomic E-state index is 10.5. The lowest BCUT2D eigenvalue weighted by Crippen LogP contribution is -2.04. The van der Waals surface area contributed by atoms with Crippen molar-refractivity contribution in [2.24, 2.45) is 0 Å². The molecular formula is C10H14O2. The average Bonchev–Trinajstić information content (AvgIpc) is 2.03. The molecule has 0 aromatic rings. The van der Waals surface area contributed by atoms with E-state index in [0.717, 1.165) is 12.8 Å². The summed E-state index contributed by atoms with van der Waals surface area (Å²) in [5, 5.41) is 0. The third-order valence-electron chi connectivity index (χ3n) is 1.90. The maximum Gasteiger partial charge on any atom is 0.302 e. The summed E-state index contributed by atoms with van der Waals surface area (Å²) >= 11 is 0. The van der Waals surface area contributed by atoms with Gasteiger partial charge in [0.05, 0.1) is 0 Å². The molecule has 0 aromatic heterocycles. The predicted octanol–water partition coefficient (Wildman–Crippen LogP) is 2.22. The standard InChI is InChI=1S/C10H14O2/c1-8-3-5-10(6-4-8)7-12-9(2)11/h3,5H,4,6-7H2,1-2H3. The smallest absolute Gasteiger partial charge is 0.302 e. The molecule has 1 rings (SSSR count). The second-order valence-corrected chi connectivity index (χ2v) is 3.12. The van der Waals surface area contributed by atoms with Gasteiger partial charge in [-0.1, -0.05) is 17.7 Å². The second kappa shape index (κ2) is 4.10. The van der Waals surface area contributed by atoms with Crippen molar-refractivity contribution in [2.75, 3.05) is 6.61 Å². The van der Waals surface area contributed by atoms with Crippen LogP contribution < -0.4 is 0 Å². The van der Waals surface area contributed by atoms with Crippen LogP contribution in [0.3, 0.4) is 0 Å². The molecule has 0 aliphatic heterocycles. The highest BCUT2D eigenvalue weighted by Crippen LogP contribution is 2.17. The number of hydrogen-bond donors (Lipinski definition) is 0. The molecule has 0 saturated carbocycles. The van der Waals surface area contributed by atoms with Crippen LogP contribution in [-0.2, 0) is 9.53 Å². The molecule has 2 nitrogen and oxygen atoms in total. The lowest BCUT2D eigenvalue weighted by molar-refractivity contribution is -0.140. The summed E-state index contributed by atoms with van der Waals surface area (Å²) in [5.41, 5.74) is 2.59. The van der Waals surface area contributed by atoms with Crippen molar-refractivity contribution < 1.29 is 9.53 Å². The number of allylic oxidation sites excluding steroid dienone is 3. The monoisotopic (exact) mass is 166 g/mol. The van der Waals surface area contributed by atoms with Gasteiger partial charge in [-0.2, -0.15) is 0 Å². The minimum atomic E-state index is -0.206. The first-order chi connectivity index (χ1) is 5.68. The van der Waals surface area contributed by atoms with E-state index in [1.165, 1.54) is 18.1 Å². The van der Waals surface area contributed by atoms with E-state index in [9.17, 15) is 4.79 Å². The number of ether oxygens (including phenoxy) is 1. The fraction of sp³-hybridized carbons (Fsp3) is 0.500. The SMILES string of the molecule is CC(=O)OCC1=CC=C(C)CC1. The molecule has 0 spiro atoms. The lowest BCUT2D eigenvalue weighted by Gasteiger charge is -2.11. The topological polar surface area (TPSA) is 26.3 Å². The Morgan fingerprint density at radius 3 is 2.75 bits per heavy atom. The van der Waals surface area contributed by atoms with Gasteiger partial charge >= 0.3 is 5.97 Å². The quantitative estimate of drug-likeness (QED) is 0.588. The van der Waals surface area contributed by atoms with E-state index in [0.29, 0.717) is 6.61 Å². The van der Waals surface area contributed by atoms with E-state index in [2.05, 4.69) is 13.0 Å². The zero-order valence-electron chi connectivity index (χ0n) is 7.59. The van der Waals surface area contributed by atoms with Crippen LogP contribution in [-0.4, -0.2) is 12.6 Å². The van der Waals surface area contributed by atoms with Gasteiger partial charge in [0.25, 0.3) is 0 Å². The normalized spacial score (nSPS) is 16.5. The number of rotatable bonds is 2. The number of carbonyl (C=O) groups is 1. The largest absolute Gasteiger partial charge is 0.461 e. The van der Waals surface area contributed by atoms with E-state index in [1.807, 2.05) is 6.08 Å². The fourth-order valence-corrected chi connectivity index (χ4v) is 1.10. The molecular weight excluding hydrogens is 152 g/mol. The van der Waals surface area contributed by atoms with Crippen molar-refractivity contribution in [3.05, 3.63) is 23.3 Å². The Hall–Kier alpha value is -1.05. The van der Waals surface area contributed by atoms with Gasteiger partial charge in [-0.3, -0.25) is 4.79 Å². The van der Waals surface area contributed by atoms with Crippen molar-refractivity contribution >= 4 is 5.97 Å². The van der Waals surface area contributed by atoms with Crippen LogP contribution in [0.5, 0.6) is 0 Å². The minimum absolute atomic E-state index is 0.206. The van der Waals surface area contributed by atoms with Crippen molar-refractivity contribution in [2.45, 2.75) is 26.7 Å². The molecule has 0 bridgehead atoms. The number of carbonyl (C=O) groups excluding carboxylic acids is 1. The fourth-order valence-electron chi connectivity index (χ4n) is 1.10. The van der Waals surface area contributed by atoms with Gasteiger partial charge < -0.3 is 4.74 Å². The molecule has 0 fully saturated rings. The zero-order chi connectivity index (χ0) is 8.97. The van der Waals surface area contributed by atoms with Gasteiger partial charge in [0, 0.05) is 6.92 Å². The highest BCUT2D eigenvalue weighted by Gasteiger charge is 2.04. The van der Waals surface area contributed by atoms with Gasteiger partial charge in [-0.15, -0.1) is 0 Å². The van der Waals surface area contributed by atoms with E-state index in [4.69, 9.17) is 4.74 Å². The molecule has 66 valence electrons. The summed E-state index contributed by atoms with van der Waals surface area (Å²) in [5.74, 6) is -0.206. The molecule has 0 N–H and O–H groups in total. The molecule has 0 saturated heterocycles. The van der Waals surface area contributed by atoms with Crippen LogP contribution >= 0.6 is 0 Å². The predicted molar refractivity (Wildman–Crippen MR) is 47.7 cm³/mol. The van der Waals surface area contributed by atoms with Gasteiger partial charge in [-0.05, 0) is 25.3 Å². The van der Waals surface area contributed by atoms with E-state index < -0.39 is 0 Å². The third-order valence-corrected chi connectivity index (χ3v) is 1.90. The average molecular weight is 166 g/mol. The zero-order valence-corrected chi connectivity index (χ0v) is 7.59. The molecule has 0 aromatic carbocycles. The first-order valence-electron chi connectivity index (χ1n) is 4.17. The Kier molecular flexibility index (Phi) is 3.09. The number of esters is 1. The summed E-state index contributed by atoms with van der Waals surface area (Å²) < 4.78 is 4.88. The molecule has 1 aliphatic carbocycles. The lowest BCUT2D eigenvalue weighted by atomic mass is 10.0. The first-order valence-corrected chi connectivity index (χ1v) is 4.17. The molecule has 0 atom stereocenters. The van der Waals surface area contributed by atoms with Crippen LogP contribution in [0.2, 0.25) is 0 Å². The van der Waals surface area contributed by atoms with Crippen molar-refractivity contribution in [3.8, 4) is 0 Å². The van der Waals surface area contributed by atoms with Gasteiger partial charge in [0.2, 0.25) is 0 Å². The van der Waals surface area contributed by atoms with Gasteiger partial charge in [0.15, 0.2) is 0 Å². The Labute approximate surface area is 72.9 Å². The molecule has 0 radical (unpaired) electrons. The van der Waals surface area contributed by atoms with Crippen LogP contribution in [0.15, 0.2) is 23.3 Å². The highest BCUT2D eigenvalue weighted by molar-refractivity contribution is 5.66. The van der Waals surface area contributed by atoms with E-state index in [1.54, 1.807) is 0 Å². The third kappa shape index (κ3) is 2.91. The summed E-state index contributed by atoms with van der Waals surface area (Å²) in [7, 11) is 0. The summed E-state index contributed by atoms with van der Waals surface area (Å²) in [4.78, 5) is 10.5. The number of hydrogen-bond acceptors (Lipinski definition) is 2. The van der Waals surface area contributed by atoms with E-state index >= 15 is 0 Å². The Bertz CT molecular complexity index is 236. The summed E-state index contributed by atoms with van der Waals surface area (Å²) in [6, 6.07) is 0. The first kappa shape index (κ1) is 9.04. The molecule has 0 unspecified atom stereocenters. The van der Waals surface area contributed by atoms with Crippen LogP contribution in [0, 0.1) is 0 Å². The summed E-state index contributed by atoms with van der Waals surface area (Å²) in [6.45, 7) is 4.00. The molecule has 1 aliphatic rings. The van der Waals surface area contributed by atoms with Crippen LogP contribution in [0.25, 0.3) is 0 Å². The maximum absolute atomic E-state index is 10.5. The summed E-state index contributed by atoms with van der Waals surface area (Å²) in [6.07, 6.45) is 6.24. The van der Waals surface area contributed by atoms with Crippen LogP contribution in [0.4, 0.5) is 0 Å². The van der Waals surface area contributed by atoms with Gasteiger partial charge in [-0.25, -0.2) is 0 Å². The van der Waals surface area contributed by atoms with Crippen molar-refractivity contribution in [1.29, 1.82) is 0 Å². The second-order valence-electron chi connectivity index (χ2n) is 3.12. The molecule has 2 heteroatoms. The molecule has 0 amide bonds. The Morgan fingerprint density at radius 1 is 1.50 bits per heavy atom. The van der Waals surface area contributed by atoms with Gasteiger partial charge in [0.1, 0.15) is 6.61 Å². The van der Waals surface area contributed by atoms with E-state index in [-0.39, 0.29) is 5.97 Å². The Balaban J connectivity index is 2.39.